The van der Waals surface area contributed by atoms with Crippen LogP contribution in [0.25, 0.3) is 0 Å². The van der Waals surface area contributed by atoms with Crippen LogP contribution in [0.1, 0.15) is 57.8 Å². The van der Waals surface area contributed by atoms with E-state index in [1.54, 1.807) is 50.2 Å². The number of benzene rings is 2. The van der Waals surface area contributed by atoms with Gasteiger partial charge in [-0.15, -0.1) is 11.6 Å². The van der Waals surface area contributed by atoms with Crippen molar-refractivity contribution in [2.75, 3.05) is 13.7 Å². The Kier molecular flexibility index (Phi) is 15.0. The predicted octanol–water partition coefficient (Wildman–Crippen LogP) is 5.59. The molecule has 0 aliphatic carbocycles. The molecule has 0 saturated heterocycles. The number of esters is 2. The summed E-state index contributed by atoms with van der Waals surface area (Å²) in [5.41, 5.74) is 1.14. The van der Waals surface area contributed by atoms with Crippen LogP contribution in [-0.4, -0.2) is 66.1 Å². The zero-order valence-corrected chi connectivity index (χ0v) is 29.9. The number of amides is 2. The highest BCUT2D eigenvalue weighted by Gasteiger charge is 2.36. The molecule has 7 atom stereocenters. The summed E-state index contributed by atoms with van der Waals surface area (Å²) in [6, 6.07) is 10.9. The molecule has 3 N–H and O–H groups in total. The molecule has 2 amide bonds. The summed E-state index contributed by atoms with van der Waals surface area (Å²) in [5, 5.41) is 16.0. The molecule has 10 nitrogen and oxygen atoms in total. The van der Waals surface area contributed by atoms with Gasteiger partial charge in [0, 0.05) is 25.3 Å². The molecule has 0 bridgehead atoms. The second-order valence-electron chi connectivity index (χ2n) is 12.3. The highest BCUT2D eigenvalue weighted by Crippen LogP contribution is 2.34. The molecule has 262 valence electrons. The van der Waals surface area contributed by atoms with E-state index in [9.17, 15) is 24.3 Å². The summed E-state index contributed by atoms with van der Waals surface area (Å²) in [6.45, 7) is 6.90. The molecule has 3 rings (SSSR count). The molecule has 13 heteroatoms. The fraction of sp³-hybridized carbons (Fsp3) is 0.486. The van der Waals surface area contributed by atoms with Gasteiger partial charge in [0.15, 0.2) is 11.9 Å². The van der Waals surface area contributed by atoms with Crippen molar-refractivity contribution in [3.8, 4) is 5.75 Å². The lowest BCUT2D eigenvalue weighted by Crippen LogP contribution is -2.49. The van der Waals surface area contributed by atoms with E-state index in [-0.39, 0.29) is 47.5 Å². The van der Waals surface area contributed by atoms with E-state index < -0.39 is 65.3 Å². The van der Waals surface area contributed by atoms with Gasteiger partial charge in [-0.1, -0.05) is 87.3 Å². The smallest absolute Gasteiger partial charge is 0.347 e. The molecule has 48 heavy (non-hydrogen) atoms. The number of rotatable bonds is 9. The standard InChI is InChI=1S/C35H43Cl3N2O8/c1-19(2)14-28-35(45)47-27(21(4)30(38)31(42)23-10-7-6-8-11-23)12-9-13-29(41)40-26(33(43)39-18-20(3)34(44)48-28)17-22-15-24(36)32(46-5)25(37)16-22/h6-11,13,15-16,19-21,26-28,30-31,42H,12,14,17-18H2,1-5H3,(H,39,43)(H,40,41)/b13-9+/t20-,21+,26-,27+,28+,30?,31-/m1/s1. The number of ether oxygens (including phenoxy) is 3. The zero-order valence-electron chi connectivity index (χ0n) is 27.6. The van der Waals surface area contributed by atoms with Gasteiger partial charge in [0.2, 0.25) is 11.8 Å². The fourth-order valence-electron chi connectivity index (χ4n) is 5.16. The number of nitrogens with one attached hydrogen (secondary N) is 2. The van der Waals surface area contributed by atoms with Gasteiger partial charge < -0.3 is 30.0 Å². The van der Waals surface area contributed by atoms with Gasteiger partial charge in [-0.25, -0.2) is 4.79 Å². The van der Waals surface area contributed by atoms with Crippen molar-refractivity contribution < 1.29 is 38.5 Å². The van der Waals surface area contributed by atoms with Crippen LogP contribution in [0.3, 0.4) is 0 Å². The lowest BCUT2D eigenvalue weighted by atomic mass is 9.91. The molecule has 0 aromatic heterocycles. The van der Waals surface area contributed by atoms with Crippen molar-refractivity contribution >= 4 is 58.6 Å². The Labute approximate surface area is 296 Å². The average molecular weight is 726 g/mol. The Morgan fingerprint density at radius 1 is 1.00 bits per heavy atom. The van der Waals surface area contributed by atoms with Gasteiger partial charge in [0.25, 0.3) is 0 Å². The number of aliphatic hydroxyl groups excluding tert-OH is 1. The van der Waals surface area contributed by atoms with E-state index in [1.165, 1.54) is 19.3 Å². The maximum Gasteiger partial charge on any atom is 0.347 e. The second kappa shape index (κ2) is 18.5. The van der Waals surface area contributed by atoms with Gasteiger partial charge in [-0.2, -0.15) is 0 Å². The van der Waals surface area contributed by atoms with Crippen molar-refractivity contribution in [1.29, 1.82) is 0 Å². The van der Waals surface area contributed by atoms with Crippen LogP contribution in [0.5, 0.6) is 5.75 Å². The summed E-state index contributed by atoms with van der Waals surface area (Å²) < 4.78 is 16.8. The largest absolute Gasteiger partial charge is 0.494 e. The van der Waals surface area contributed by atoms with Gasteiger partial charge in [0.1, 0.15) is 12.1 Å². The van der Waals surface area contributed by atoms with Crippen LogP contribution in [0, 0.1) is 17.8 Å². The maximum atomic E-state index is 13.5. The van der Waals surface area contributed by atoms with E-state index in [0.29, 0.717) is 11.1 Å². The highest BCUT2D eigenvalue weighted by atomic mass is 35.5. The van der Waals surface area contributed by atoms with E-state index in [2.05, 4.69) is 10.6 Å². The van der Waals surface area contributed by atoms with Gasteiger partial charge in [-0.3, -0.25) is 14.4 Å². The number of aliphatic hydroxyl groups is 1. The van der Waals surface area contributed by atoms with Crippen molar-refractivity contribution in [2.45, 2.75) is 76.7 Å². The van der Waals surface area contributed by atoms with Crippen LogP contribution in [0.4, 0.5) is 0 Å². The lowest BCUT2D eigenvalue weighted by molar-refractivity contribution is -0.176. The third kappa shape index (κ3) is 11.1. The third-order valence-electron chi connectivity index (χ3n) is 7.96. The fourth-order valence-corrected chi connectivity index (χ4v) is 6.15. The normalized spacial score (nSPS) is 24.0. The first-order valence-corrected chi connectivity index (χ1v) is 17.0. The number of halogens is 3. The van der Waals surface area contributed by atoms with E-state index in [4.69, 9.17) is 49.0 Å². The minimum absolute atomic E-state index is 0.0205. The summed E-state index contributed by atoms with van der Waals surface area (Å²) in [6.07, 6.45) is -0.251. The SMILES string of the molecule is COc1c(Cl)cc(C[C@H]2NC(=O)/C=C/C[C@@H]([C@H](C)C(Cl)[C@H](O)c3ccccc3)OC(=O)[C@H](CC(C)C)OC(=O)[C@H](C)CNC2=O)cc1Cl. The Hall–Kier alpha value is -3.31. The maximum absolute atomic E-state index is 13.5. The number of alkyl halides is 1. The first kappa shape index (κ1) is 39.1. The third-order valence-corrected chi connectivity index (χ3v) is 9.16. The average Bonchev–Trinajstić information content (AvgIpc) is 3.04. The van der Waals surface area contributed by atoms with Crippen molar-refractivity contribution in [3.63, 3.8) is 0 Å². The van der Waals surface area contributed by atoms with E-state index >= 15 is 0 Å². The number of carbonyl (C=O) groups is 4. The molecule has 0 radical (unpaired) electrons. The molecule has 0 spiro atoms. The number of cyclic esters (lactones) is 2. The monoisotopic (exact) mass is 724 g/mol. The lowest BCUT2D eigenvalue weighted by Gasteiger charge is -2.31. The molecule has 1 aliphatic heterocycles. The molecule has 1 heterocycles. The zero-order chi connectivity index (χ0) is 35.5. The van der Waals surface area contributed by atoms with Crippen LogP contribution < -0.4 is 15.4 Å². The first-order chi connectivity index (χ1) is 22.7. The summed E-state index contributed by atoms with van der Waals surface area (Å²) in [4.78, 5) is 53.1. The molecular weight excluding hydrogens is 683 g/mol. The Morgan fingerprint density at radius 3 is 2.25 bits per heavy atom. The quantitative estimate of drug-likeness (QED) is 0.225. The predicted molar refractivity (Wildman–Crippen MR) is 184 cm³/mol. The van der Waals surface area contributed by atoms with Gasteiger partial charge in [0.05, 0.1) is 34.6 Å². The van der Waals surface area contributed by atoms with Gasteiger partial charge in [-0.05, 0) is 41.7 Å². The molecule has 0 saturated carbocycles. The van der Waals surface area contributed by atoms with E-state index in [0.717, 1.165) is 0 Å². The first-order valence-electron chi connectivity index (χ1n) is 15.8. The highest BCUT2D eigenvalue weighted by molar-refractivity contribution is 6.37. The summed E-state index contributed by atoms with van der Waals surface area (Å²) >= 11 is 19.4. The minimum atomic E-state index is -1.23. The van der Waals surface area contributed by atoms with Crippen LogP contribution in [0.15, 0.2) is 54.6 Å². The molecule has 0 fully saturated rings. The summed E-state index contributed by atoms with van der Waals surface area (Å²) in [5.74, 6) is -3.85. The van der Waals surface area contributed by atoms with Crippen LogP contribution in [-0.2, 0) is 35.1 Å². The van der Waals surface area contributed by atoms with Crippen molar-refractivity contribution in [2.24, 2.45) is 17.8 Å². The Balaban J connectivity index is 1.94. The second-order valence-corrected chi connectivity index (χ2v) is 13.7. The van der Waals surface area contributed by atoms with Gasteiger partial charge >= 0.3 is 11.9 Å². The topological polar surface area (TPSA) is 140 Å². The molecule has 2 aromatic carbocycles. The number of carbonyl (C=O) groups excluding carboxylic acids is 4. The van der Waals surface area contributed by atoms with Crippen LogP contribution >= 0.6 is 34.8 Å². The summed E-state index contributed by atoms with van der Waals surface area (Å²) in [7, 11) is 1.43. The number of methoxy groups -OCH3 is 1. The molecule has 2 aromatic rings. The number of hydrogen-bond donors (Lipinski definition) is 3. The molecular formula is C35H43Cl3N2O8. The Morgan fingerprint density at radius 2 is 1.65 bits per heavy atom. The molecule has 1 unspecified atom stereocenters. The van der Waals surface area contributed by atoms with Crippen molar-refractivity contribution in [1.82, 2.24) is 10.6 Å². The van der Waals surface area contributed by atoms with E-state index in [1.807, 2.05) is 19.9 Å². The minimum Gasteiger partial charge on any atom is -0.494 e. The molecule has 1 aliphatic rings. The number of hydrogen-bond acceptors (Lipinski definition) is 8. The van der Waals surface area contributed by atoms with Crippen LogP contribution in [0.2, 0.25) is 10.0 Å². The Bertz CT molecular complexity index is 1430. The van der Waals surface area contributed by atoms with Crippen molar-refractivity contribution in [3.05, 3.63) is 75.8 Å².